The molecule has 0 aromatic carbocycles. The van der Waals surface area contributed by atoms with E-state index in [4.69, 9.17) is 0 Å². The fraction of sp³-hybridized carbons (Fsp3) is 0.333. The number of carbonyl (C=O) groups excluding carboxylic acids is 3. The maximum atomic E-state index is 12.4. The van der Waals surface area contributed by atoms with Crippen molar-refractivity contribution in [2.75, 3.05) is 18.8 Å². The largest absolute Gasteiger partial charge is 0.354 e. The summed E-state index contributed by atoms with van der Waals surface area (Å²) in [7, 11) is 0. The molecule has 2 aliphatic rings. The highest BCUT2D eigenvalue weighted by molar-refractivity contribution is 8.18. The summed E-state index contributed by atoms with van der Waals surface area (Å²) in [5.41, 5.74) is 0.752. The van der Waals surface area contributed by atoms with Gasteiger partial charge in [-0.1, -0.05) is 17.8 Å². The Labute approximate surface area is 175 Å². The standard InChI is InChI=1S/C18H18N6O3S2/c25-15(10-28-17-22-21-11-24(17)13-3-4-13)20-6-7-23-16(26)14(29-18(23)27)8-12-2-1-5-19-9-12/h1-2,5,8-9,11,13H,3-4,6-7,10H2,(H,20,25)/b14-8-. The number of aromatic nitrogens is 4. The molecule has 0 atom stereocenters. The van der Waals surface area contributed by atoms with Crippen LogP contribution in [0.1, 0.15) is 24.4 Å². The van der Waals surface area contributed by atoms with E-state index in [9.17, 15) is 14.4 Å². The Morgan fingerprint density at radius 2 is 2.24 bits per heavy atom. The second-order valence-electron chi connectivity index (χ2n) is 6.51. The second-order valence-corrected chi connectivity index (χ2v) is 8.45. The van der Waals surface area contributed by atoms with Crippen LogP contribution in [-0.4, -0.2) is 60.5 Å². The summed E-state index contributed by atoms with van der Waals surface area (Å²) in [5.74, 6) is -0.336. The molecular formula is C18H18N6O3S2. The minimum atomic E-state index is -0.356. The van der Waals surface area contributed by atoms with E-state index in [0.29, 0.717) is 10.9 Å². The molecule has 1 aliphatic heterocycles. The lowest BCUT2D eigenvalue weighted by molar-refractivity contribution is -0.123. The lowest BCUT2D eigenvalue weighted by atomic mass is 10.2. The highest BCUT2D eigenvalue weighted by Gasteiger charge is 2.34. The van der Waals surface area contributed by atoms with Crippen molar-refractivity contribution < 1.29 is 14.4 Å². The zero-order chi connectivity index (χ0) is 20.2. The molecule has 2 aromatic rings. The van der Waals surface area contributed by atoms with Crippen LogP contribution in [-0.2, 0) is 9.59 Å². The smallest absolute Gasteiger partial charge is 0.293 e. The number of amides is 3. The summed E-state index contributed by atoms with van der Waals surface area (Å²) in [4.78, 5) is 42.1. The first-order valence-electron chi connectivity index (χ1n) is 9.06. The van der Waals surface area contributed by atoms with Crippen molar-refractivity contribution in [2.45, 2.75) is 24.0 Å². The SMILES string of the molecule is O=C(CSc1nncn1C1CC1)NCCN1C(=O)S/C(=C\c2cccnc2)C1=O. The highest BCUT2D eigenvalue weighted by atomic mass is 32.2. The van der Waals surface area contributed by atoms with Crippen LogP contribution >= 0.6 is 23.5 Å². The number of hydrogen-bond acceptors (Lipinski definition) is 8. The zero-order valence-electron chi connectivity index (χ0n) is 15.4. The van der Waals surface area contributed by atoms with Crippen molar-refractivity contribution in [2.24, 2.45) is 0 Å². The molecule has 3 heterocycles. The molecule has 0 radical (unpaired) electrons. The Morgan fingerprint density at radius 1 is 1.38 bits per heavy atom. The Hall–Kier alpha value is -2.66. The molecule has 4 rings (SSSR count). The molecule has 1 N–H and O–H groups in total. The van der Waals surface area contributed by atoms with E-state index in [1.54, 1.807) is 30.9 Å². The fourth-order valence-electron chi connectivity index (χ4n) is 2.73. The van der Waals surface area contributed by atoms with Crippen LogP contribution in [0.15, 0.2) is 40.9 Å². The Kier molecular flexibility index (Phi) is 5.95. The van der Waals surface area contributed by atoms with Crippen LogP contribution in [0.5, 0.6) is 0 Å². The van der Waals surface area contributed by atoms with Crippen molar-refractivity contribution in [3.63, 3.8) is 0 Å². The average molecular weight is 431 g/mol. The van der Waals surface area contributed by atoms with E-state index in [-0.39, 0.29) is 35.9 Å². The van der Waals surface area contributed by atoms with Crippen LogP contribution in [0.25, 0.3) is 6.08 Å². The van der Waals surface area contributed by atoms with Gasteiger partial charge in [0.15, 0.2) is 5.16 Å². The summed E-state index contributed by atoms with van der Waals surface area (Å²) >= 11 is 2.22. The number of imide groups is 1. The molecule has 3 amide bonds. The zero-order valence-corrected chi connectivity index (χ0v) is 17.0. The Morgan fingerprint density at radius 3 is 3.00 bits per heavy atom. The van der Waals surface area contributed by atoms with Crippen LogP contribution < -0.4 is 5.32 Å². The molecule has 0 spiro atoms. The van der Waals surface area contributed by atoms with Gasteiger partial charge in [-0.2, -0.15) is 0 Å². The number of nitrogens with zero attached hydrogens (tertiary/aromatic N) is 5. The molecule has 1 aliphatic carbocycles. The summed E-state index contributed by atoms with van der Waals surface area (Å²) in [6.07, 6.45) is 8.82. The second kappa shape index (κ2) is 8.78. The molecule has 0 unspecified atom stereocenters. The minimum Gasteiger partial charge on any atom is -0.354 e. The van der Waals surface area contributed by atoms with Crippen LogP contribution in [0.4, 0.5) is 4.79 Å². The van der Waals surface area contributed by atoms with Gasteiger partial charge in [0.25, 0.3) is 11.1 Å². The minimum absolute atomic E-state index is 0.129. The number of thioether (sulfide) groups is 2. The maximum absolute atomic E-state index is 12.4. The number of rotatable bonds is 8. The van der Waals surface area contributed by atoms with E-state index in [2.05, 4.69) is 20.5 Å². The van der Waals surface area contributed by atoms with Gasteiger partial charge < -0.3 is 9.88 Å². The van der Waals surface area contributed by atoms with E-state index in [0.717, 1.165) is 40.2 Å². The van der Waals surface area contributed by atoms with E-state index in [1.165, 1.54) is 11.8 Å². The molecule has 150 valence electrons. The third-order valence-corrected chi connectivity index (χ3v) is 6.19. The topological polar surface area (TPSA) is 110 Å². The van der Waals surface area contributed by atoms with Crippen molar-refractivity contribution in [1.29, 1.82) is 0 Å². The Balaban J connectivity index is 1.24. The van der Waals surface area contributed by atoms with Crippen molar-refractivity contribution in [1.82, 2.24) is 30.0 Å². The van der Waals surface area contributed by atoms with Gasteiger partial charge in [-0.05, 0) is 42.3 Å². The van der Waals surface area contributed by atoms with Crippen LogP contribution in [0.3, 0.4) is 0 Å². The summed E-state index contributed by atoms with van der Waals surface area (Å²) in [6, 6.07) is 4.02. The summed E-state index contributed by atoms with van der Waals surface area (Å²) in [5, 5.41) is 11.1. The number of carbonyl (C=O) groups is 3. The van der Waals surface area contributed by atoms with Crippen molar-refractivity contribution in [3.8, 4) is 0 Å². The average Bonchev–Trinajstić information content (AvgIpc) is 3.40. The molecule has 11 heteroatoms. The molecule has 2 aromatic heterocycles. The van der Waals surface area contributed by atoms with Gasteiger partial charge in [0, 0.05) is 31.5 Å². The van der Waals surface area contributed by atoms with Crippen molar-refractivity contribution >= 4 is 46.7 Å². The first-order chi connectivity index (χ1) is 14.1. The number of pyridine rings is 1. The first-order valence-corrected chi connectivity index (χ1v) is 10.9. The van der Waals surface area contributed by atoms with Gasteiger partial charge in [0.1, 0.15) is 6.33 Å². The van der Waals surface area contributed by atoms with Crippen LogP contribution in [0, 0.1) is 0 Å². The fourth-order valence-corrected chi connectivity index (χ4v) is 4.41. The predicted molar refractivity (Wildman–Crippen MR) is 109 cm³/mol. The normalized spacial score (nSPS) is 17.9. The van der Waals surface area contributed by atoms with Gasteiger partial charge >= 0.3 is 0 Å². The lowest BCUT2D eigenvalue weighted by Crippen LogP contribution is -2.37. The lowest BCUT2D eigenvalue weighted by Gasteiger charge is -2.13. The van der Waals surface area contributed by atoms with Gasteiger partial charge in [-0.3, -0.25) is 24.3 Å². The van der Waals surface area contributed by atoms with Gasteiger partial charge in [-0.25, -0.2) is 0 Å². The number of nitrogens with one attached hydrogen (secondary N) is 1. The molecule has 9 nitrogen and oxygen atoms in total. The van der Waals surface area contributed by atoms with Gasteiger partial charge in [0.2, 0.25) is 5.91 Å². The third kappa shape index (κ3) is 4.85. The molecule has 2 fully saturated rings. The van der Waals surface area contributed by atoms with E-state index >= 15 is 0 Å². The Bertz CT molecular complexity index is 958. The summed E-state index contributed by atoms with van der Waals surface area (Å²) < 4.78 is 1.99. The quantitative estimate of drug-likeness (QED) is 0.500. The van der Waals surface area contributed by atoms with E-state index < -0.39 is 0 Å². The van der Waals surface area contributed by atoms with Gasteiger partial charge in [0.05, 0.1) is 10.7 Å². The molecule has 1 saturated carbocycles. The van der Waals surface area contributed by atoms with Crippen molar-refractivity contribution in [3.05, 3.63) is 41.3 Å². The third-order valence-electron chi connectivity index (χ3n) is 4.33. The van der Waals surface area contributed by atoms with Crippen LogP contribution in [0.2, 0.25) is 0 Å². The first kappa shape index (κ1) is 19.6. The molecule has 29 heavy (non-hydrogen) atoms. The highest BCUT2D eigenvalue weighted by Crippen LogP contribution is 2.37. The summed E-state index contributed by atoms with van der Waals surface area (Å²) in [6.45, 7) is 0.330. The maximum Gasteiger partial charge on any atom is 0.293 e. The molecule has 1 saturated heterocycles. The molecular weight excluding hydrogens is 412 g/mol. The number of hydrogen-bond donors (Lipinski definition) is 1. The molecule has 0 bridgehead atoms. The van der Waals surface area contributed by atoms with Gasteiger partial charge in [-0.15, -0.1) is 10.2 Å². The monoisotopic (exact) mass is 430 g/mol. The predicted octanol–water partition coefficient (Wildman–Crippen LogP) is 1.95. The van der Waals surface area contributed by atoms with E-state index in [1.807, 2.05) is 10.6 Å².